The molecular formula is C7H5BrClNO3. The van der Waals surface area contributed by atoms with E-state index in [2.05, 4.69) is 15.9 Å². The van der Waals surface area contributed by atoms with Crippen molar-refractivity contribution in [1.82, 2.24) is 0 Å². The third kappa shape index (κ3) is 1.92. The number of hydrogen-bond acceptors (Lipinski definition) is 3. The maximum Gasteiger partial charge on any atom is 0.330 e. The van der Waals surface area contributed by atoms with Crippen LogP contribution in [-0.2, 0) is 0 Å². The molecule has 0 aliphatic heterocycles. The highest BCUT2D eigenvalue weighted by Crippen LogP contribution is 2.39. The predicted octanol–water partition coefficient (Wildman–Crippen LogP) is 3.02. The van der Waals surface area contributed by atoms with Crippen LogP contribution in [0.1, 0.15) is 0 Å². The fourth-order valence-corrected chi connectivity index (χ4v) is 1.59. The Morgan fingerprint density at radius 3 is 2.62 bits per heavy atom. The van der Waals surface area contributed by atoms with Crippen LogP contribution in [0.3, 0.4) is 0 Å². The van der Waals surface area contributed by atoms with Crippen LogP contribution in [0.2, 0.25) is 5.02 Å². The highest BCUT2D eigenvalue weighted by atomic mass is 79.9. The molecule has 0 heterocycles. The van der Waals surface area contributed by atoms with Gasteiger partial charge in [-0.05, 0) is 28.1 Å². The third-order valence-electron chi connectivity index (χ3n) is 1.42. The van der Waals surface area contributed by atoms with Gasteiger partial charge in [-0.25, -0.2) is 0 Å². The smallest absolute Gasteiger partial charge is 0.330 e. The topological polar surface area (TPSA) is 52.4 Å². The van der Waals surface area contributed by atoms with Crippen molar-refractivity contribution < 1.29 is 9.66 Å². The lowest BCUT2D eigenvalue weighted by Crippen LogP contribution is -1.95. The lowest BCUT2D eigenvalue weighted by molar-refractivity contribution is -0.385. The van der Waals surface area contributed by atoms with Crippen LogP contribution in [0.25, 0.3) is 0 Å². The van der Waals surface area contributed by atoms with Gasteiger partial charge < -0.3 is 4.74 Å². The van der Waals surface area contributed by atoms with Crippen molar-refractivity contribution in [3.63, 3.8) is 0 Å². The second-order valence-corrected chi connectivity index (χ2v) is 3.43. The quantitative estimate of drug-likeness (QED) is 0.611. The molecule has 0 bridgehead atoms. The fourth-order valence-electron chi connectivity index (χ4n) is 0.887. The number of nitrogens with zero attached hydrogens (tertiary/aromatic N) is 1. The average molecular weight is 266 g/mol. The molecule has 0 amide bonds. The predicted molar refractivity (Wildman–Crippen MR) is 52.4 cm³/mol. The number of halogens is 2. The van der Waals surface area contributed by atoms with Crippen LogP contribution < -0.4 is 4.74 Å². The lowest BCUT2D eigenvalue weighted by Gasteiger charge is -2.04. The minimum Gasteiger partial charge on any atom is -0.489 e. The Morgan fingerprint density at radius 1 is 1.62 bits per heavy atom. The van der Waals surface area contributed by atoms with Gasteiger partial charge in [-0.3, -0.25) is 10.1 Å². The van der Waals surface area contributed by atoms with Crippen molar-refractivity contribution in [3.05, 3.63) is 31.7 Å². The van der Waals surface area contributed by atoms with Gasteiger partial charge in [0.15, 0.2) is 0 Å². The Kier molecular flexibility index (Phi) is 3.11. The van der Waals surface area contributed by atoms with E-state index in [0.29, 0.717) is 4.47 Å². The van der Waals surface area contributed by atoms with Gasteiger partial charge >= 0.3 is 5.69 Å². The molecule has 0 atom stereocenters. The summed E-state index contributed by atoms with van der Waals surface area (Å²) >= 11 is 8.75. The van der Waals surface area contributed by atoms with Crippen LogP contribution in [0.4, 0.5) is 5.69 Å². The monoisotopic (exact) mass is 265 g/mol. The second kappa shape index (κ2) is 3.93. The zero-order chi connectivity index (χ0) is 10.0. The molecule has 0 radical (unpaired) electrons. The van der Waals surface area contributed by atoms with E-state index in [9.17, 15) is 10.1 Å². The first kappa shape index (κ1) is 10.3. The lowest BCUT2D eigenvalue weighted by atomic mass is 10.3. The molecule has 70 valence electrons. The minimum absolute atomic E-state index is 0.0602. The Labute approximate surface area is 87.7 Å². The van der Waals surface area contributed by atoms with Crippen LogP contribution in [0.5, 0.6) is 5.75 Å². The number of methoxy groups -OCH3 is 1. The van der Waals surface area contributed by atoms with E-state index in [4.69, 9.17) is 16.3 Å². The maximum atomic E-state index is 10.6. The van der Waals surface area contributed by atoms with Crippen molar-refractivity contribution in [3.8, 4) is 5.75 Å². The van der Waals surface area contributed by atoms with E-state index >= 15 is 0 Å². The van der Waals surface area contributed by atoms with Crippen LogP contribution in [0.15, 0.2) is 16.6 Å². The van der Waals surface area contributed by atoms with Crippen molar-refractivity contribution in [2.75, 3.05) is 7.11 Å². The molecule has 13 heavy (non-hydrogen) atoms. The van der Waals surface area contributed by atoms with E-state index in [1.165, 1.54) is 13.2 Å². The van der Waals surface area contributed by atoms with E-state index in [1.54, 1.807) is 6.07 Å². The van der Waals surface area contributed by atoms with E-state index < -0.39 is 4.92 Å². The molecule has 0 aromatic heterocycles. The number of benzene rings is 1. The van der Waals surface area contributed by atoms with Crippen LogP contribution >= 0.6 is 27.5 Å². The highest BCUT2D eigenvalue weighted by molar-refractivity contribution is 9.10. The van der Waals surface area contributed by atoms with Gasteiger partial charge in [0.2, 0.25) is 5.75 Å². The third-order valence-corrected chi connectivity index (χ3v) is 2.35. The zero-order valence-corrected chi connectivity index (χ0v) is 8.92. The van der Waals surface area contributed by atoms with Crippen molar-refractivity contribution in [1.29, 1.82) is 0 Å². The summed E-state index contributed by atoms with van der Waals surface area (Å²) in [6, 6.07) is 3.03. The molecule has 6 heteroatoms. The Hall–Kier alpha value is -0.810. The molecule has 0 N–H and O–H groups in total. The maximum absolute atomic E-state index is 10.6. The van der Waals surface area contributed by atoms with Gasteiger partial charge in [0.05, 0.1) is 16.5 Å². The van der Waals surface area contributed by atoms with Crippen molar-refractivity contribution >= 4 is 33.2 Å². The van der Waals surface area contributed by atoms with Crippen molar-refractivity contribution in [2.45, 2.75) is 0 Å². The summed E-state index contributed by atoms with van der Waals surface area (Å²) in [5.41, 5.74) is -0.224. The van der Waals surface area contributed by atoms with Crippen molar-refractivity contribution in [2.24, 2.45) is 0 Å². The highest BCUT2D eigenvalue weighted by Gasteiger charge is 2.21. The summed E-state index contributed by atoms with van der Waals surface area (Å²) in [4.78, 5) is 10.00. The molecule has 0 spiro atoms. The summed E-state index contributed by atoms with van der Waals surface area (Å²) in [5.74, 6) is 0.137. The molecule has 0 saturated heterocycles. The number of nitro groups is 1. The summed E-state index contributed by atoms with van der Waals surface area (Å²) in [7, 11) is 1.35. The molecule has 0 aliphatic rings. The van der Waals surface area contributed by atoms with E-state index in [-0.39, 0.29) is 16.5 Å². The molecule has 1 aromatic carbocycles. The first-order valence-corrected chi connectivity index (χ1v) is 4.41. The van der Waals surface area contributed by atoms with E-state index in [0.717, 1.165) is 0 Å². The SMILES string of the molecule is COc1c(Br)ccc(Cl)c1[N+](=O)[O-]. The largest absolute Gasteiger partial charge is 0.489 e. The van der Waals surface area contributed by atoms with Gasteiger partial charge in [0.25, 0.3) is 0 Å². The molecule has 0 unspecified atom stereocenters. The van der Waals surface area contributed by atoms with Gasteiger partial charge in [-0.15, -0.1) is 0 Å². The van der Waals surface area contributed by atoms with Gasteiger partial charge in [0, 0.05) is 0 Å². The molecule has 0 saturated carbocycles. The first-order chi connectivity index (χ1) is 6.07. The molecule has 0 fully saturated rings. The Balaban J connectivity index is 3.43. The van der Waals surface area contributed by atoms with Gasteiger partial charge in [-0.1, -0.05) is 11.6 Å². The molecular weight excluding hydrogens is 261 g/mol. The normalized spacial score (nSPS) is 9.77. The van der Waals surface area contributed by atoms with Gasteiger partial charge in [-0.2, -0.15) is 0 Å². The average Bonchev–Trinajstić information content (AvgIpc) is 2.07. The first-order valence-electron chi connectivity index (χ1n) is 3.24. The summed E-state index contributed by atoms with van der Waals surface area (Å²) < 4.78 is 5.35. The van der Waals surface area contributed by atoms with Crippen LogP contribution in [-0.4, -0.2) is 12.0 Å². The molecule has 0 aliphatic carbocycles. The van der Waals surface area contributed by atoms with E-state index in [1.807, 2.05) is 0 Å². The standard InChI is InChI=1S/C7H5BrClNO3/c1-13-7-4(8)2-3-5(9)6(7)10(11)12/h2-3H,1H3. The minimum atomic E-state index is -0.577. The Bertz CT molecular complexity index is 356. The number of ether oxygens (including phenoxy) is 1. The summed E-state index contributed by atoms with van der Waals surface area (Å²) in [6.07, 6.45) is 0. The molecule has 1 rings (SSSR count). The zero-order valence-electron chi connectivity index (χ0n) is 6.58. The summed E-state index contributed by atoms with van der Waals surface area (Å²) in [6.45, 7) is 0. The number of hydrogen-bond donors (Lipinski definition) is 0. The number of nitro benzene ring substituents is 1. The summed E-state index contributed by atoms with van der Waals surface area (Å²) in [5, 5.41) is 10.6. The van der Waals surface area contributed by atoms with Crippen LogP contribution in [0, 0.1) is 10.1 Å². The molecule has 1 aromatic rings. The Morgan fingerprint density at radius 2 is 2.23 bits per heavy atom. The number of rotatable bonds is 2. The fraction of sp³-hybridized carbons (Fsp3) is 0.143. The van der Waals surface area contributed by atoms with Gasteiger partial charge in [0.1, 0.15) is 5.02 Å². The second-order valence-electron chi connectivity index (χ2n) is 2.17. The molecule has 4 nitrogen and oxygen atoms in total.